The Morgan fingerprint density at radius 3 is 3.08 bits per heavy atom. The first kappa shape index (κ1) is 8.34. The van der Waals surface area contributed by atoms with Gasteiger partial charge in [0.15, 0.2) is 0 Å². The molecule has 0 spiro atoms. The molecule has 0 amide bonds. The Labute approximate surface area is 70.6 Å². The van der Waals surface area contributed by atoms with Crippen molar-refractivity contribution < 1.29 is 4.74 Å². The molecule has 1 aromatic rings. The predicted molar refractivity (Wildman–Crippen MR) is 44.5 cm³/mol. The number of hydrogen-bond acceptors (Lipinski definition) is 4. The van der Waals surface area contributed by atoms with Crippen LogP contribution in [-0.2, 0) is 0 Å². The molecule has 4 heteroatoms. The number of pyridine rings is 1. The van der Waals surface area contributed by atoms with Crippen LogP contribution in [0, 0.1) is 11.3 Å². The van der Waals surface area contributed by atoms with Crippen molar-refractivity contribution in [3.63, 3.8) is 0 Å². The third kappa shape index (κ3) is 1.45. The monoisotopic (exact) mass is 163 g/mol. The van der Waals surface area contributed by atoms with Crippen LogP contribution in [0.15, 0.2) is 12.3 Å². The summed E-state index contributed by atoms with van der Waals surface area (Å²) in [6, 6.07) is 3.51. The summed E-state index contributed by atoms with van der Waals surface area (Å²) in [5.74, 6) is 0.306. The minimum Gasteiger partial charge on any atom is -0.477 e. The highest BCUT2D eigenvalue weighted by atomic mass is 16.5. The van der Waals surface area contributed by atoms with Crippen LogP contribution in [0.4, 0.5) is 5.69 Å². The normalized spacial score (nSPS) is 9.00. The molecule has 12 heavy (non-hydrogen) atoms. The van der Waals surface area contributed by atoms with Gasteiger partial charge in [0.25, 0.3) is 0 Å². The second kappa shape index (κ2) is 3.58. The number of hydrogen-bond donors (Lipinski definition) is 1. The molecule has 0 aliphatic heterocycles. The smallest absolute Gasteiger partial charge is 0.233 e. The van der Waals surface area contributed by atoms with Crippen molar-refractivity contribution in [2.75, 3.05) is 12.3 Å². The first-order valence-corrected chi connectivity index (χ1v) is 3.57. The summed E-state index contributed by atoms with van der Waals surface area (Å²) in [4.78, 5) is 3.88. The Hall–Kier alpha value is -1.76. The van der Waals surface area contributed by atoms with Gasteiger partial charge in [-0.05, 0) is 13.0 Å². The predicted octanol–water partition coefficient (Wildman–Crippen LogP) is 0.934. The molecule has 1 rings (SSSR count). The van der Waals surface area contributed by atoms with Crippen molar-refractivity contribution >= 4 is 5.69 Å². The van der Waals surface area contributed by atoms with Gasteiger partial charge in [-0.2, -0.15) is 5.26 Å². The second-order valence-corrected chi connectivity index (χ2v) is 2.13. The third-order valence-corrected chi connectivity index (χ3v) is 1.34. The molecule has 0 saturated carbocycles. The number of anilines is 1. The quantitative estimate of drug-likeness (QED) is 0.704. The van der Waals surface area contributed by atoms with E-state index in [0.717, 1.165) is 0 Å². The minimum atomic E-state index is 0.305. The number of nitrogens with zero attached hydrogens (tertiary/aromatic N) is 2. The summed E-state index contributed by atoms with van der Waals surface area (Å²) in [5.41, 5.74) is 6.22. The minimum absolute atomic E-state index is 0.305. The van der Waals surface area contributed by atoms with E-state index in [1.807, 2.05) is 13.0 Å². The number of nitriles is 1. The summed E-state index contributed by atoms with van der Waals surface area (Å²) in [6.45, 7) is 2.30. The van der Waals surface area contributed by atoms with Crippen LogP contribution in [0.3, 0.4) is 0 Å². The molecule has 0 radical (unpaired) electrons. The van der Waals surface area contributed by atoms with Crippen molar-refractivity contribution in [1.82, 2.24) is 4.98 Å². The molecule has 0 atom stereocenters. The van der Waals surface area contributed by atoms with Crippen LogP contribution >= 0.6 is 0 Å². The average Bonchev–Trinajstić information content (AvgIpc) is 2.05. The lowest BCUT2D eigenvalue weighted by Crippen LogP contribution is -2.00. The van der Waals surface area contributed by atoms with Gasteiger partial charge in [0.2, 0.25) is 5.88 Å². The molecule has 4 nitrogen and oxygen atoms in total. The Kier molecular flexibility index (Phi) is 2.49. The van der Waals surface area contributed by atoms with E-state index in [-0.39, 0.29) is 0 Å². The van der Waals surface area contributed by atoms with Gasteiger partial charge < -0.3 is 10.5 Å². The lowest BCUT2D eigenvalue weighted by atomic mass is 10.2. The zero-order valence-corrected chi connectivity index (χ0v) is 6.74. The molecule has 2 N–H and O–H groups in total. The molecule has 0 bridgehead atoms. The van der Waals surface area contributed by atoms with Crippen molar-refractivity contribution in [1.29, 1.82) is 5.26 Å². The van der Waals surface area contributed by atoms with Crippen molar-refractivity contribution in [2.24, 2.45) is 0 Å². The maximum Gasteiger partial charge on any atom is 0.233 e. The lowest BCUT2D eigenvalue weighted by molar-refractivity contribution is 0.326. The highest BCUT2D eigenvalue weighted by Gasteiger charge is 2.06. The standard InChI is InChI=1S/C8H9N3O/c1-2-12-8-6(5-9)7(10)3-4-11-8/h3-4H,2H2,1H3,(H2,10,11). The highest BCUT2D eigenvalue weighted by Crippen LogP contribution is 2.19. The van der Waals surface area contributed by atoms with E-state index in [1.54, 1.807) is 6.07 Å². The number of aromatic nitrogens is 1. The van der Waals surface area contributed by atoms with Crippen molar-refractivity contribution in [3.05, 3.63) is 17.8 Å². The molecule has 62 valence electrons. The van der Waals surface area contributed by atoms with Gasteiger partial charge in [0.05, 0.1) is 12.3 Å². The first-order valence-electron chi connectivity index (χ1n) is 3.57. The Bertz CT molecular complexity index is 317. The Morgan fingerprint density at radius 2 is 2.50 bits per heavy atom. The van der Waals surface area contributed by atoms with Gasteiger partial charge in [0.1, 0.15) is 11.6 Å². The number of nitrogen functional groups attached to an aromatic ring is 1. The van der Waals surface area contributed by atoms with E-state index in [4.69, 9.17) is 15.7 Å². The molecule has 0 aromatic carbocycles. The van der Waals surface area contributed by atoms with Crippen LogP contribution in [0.5, 0.6) is 5.88 Å². The Balaban J connectivity index is 3.11. The average molecular weight is 163 g/mol. The molecular weight excluding hydrogens is 154 g/mol. The Morgan fingerprint density at radius 1 is 1.75 bits per heavy atom. The van der Waals surface area contributed by atoms with Crippen LogP contribution in [0.25, 0.3) is 0 Å². The summed E-state index contributed by atoms with van der Waals surface area (Å²) in [7, 11) is 0. The van der Waals surface area contributed by atoms with Crippen molar-refractivity contribution in [3.8, 4) is 11.9 Å². The number of nitrogens with two attached hydrogens (primary N) is 1. The topological polar surface area (TPSA) is 71.9 Å². The molecular formula is C8H9N3O. The van der Waals surface area contributed by atoms with Gasteiger partial charge in [0, 0.05) is 6.20 Å². The number of ether oxygens (including phenoxy) is 1. The summed E-state index contributed by atoms with van der Waals surface area (Å²) in [6.07, 6.45) is 1.52. The molecule has 0 unspecified atom stereocenters. The lowest BCUT2D eigenvalue weighted by Gasteiger charge is -2.04. The zero-order chi connectivity index (χ0) is 8.97. The largest absolute Gasteiger partial charge is 0.477 e. The van der Waals surface area contributed by atoms with Gasteiger partial charge >= 0.3 is 0 Å². The van der Waals surface area contributed by atoms with Gasteiger partial charge in [-0.3, -0.25) is 0 Å². The van der Waals surface area contributed by atoms with E-state index in [2.05, 4.69) is 4.98 Å². The van der Waals surface area contributed by atoms with Crippen LogP contribution in [-0.4, -0.2) is 11.6 Å². The third-order valence-electron chi connectivity index (χ3n) is 1.34. The van der Waals surface area contributed by atoms with E-state index in [1.165, 1.54) is 6.20 Å². The fraction of sp³-hybridized carbons (Fsp3) is 0.250. The van der Waals surface area contributed by atoms with E-state index >= 15 is 0 Å². The maximum absolute atomic E-state index is 8.68. The molecule has 0 saturated heterocycles. The molecule has 1 heterocycles. The van der Waals surface area contributed by atoms with Crippen LogP contribution in [0.2, 0.25) is 0 Å². The van der Waals surface area contributed by atoms with Crippen LogP contribution in [0.1, 0.15) is 12.5 Å². The molecule has 0 fully saturated rings. The van der Waals surface area contributed by atoms with Crippen LogP contribution < -0.4 is 10.5 Å². The molecule has 0 aliphatic rings. The van der Waals surface area contributed by atoms with E-state index in [9.17, 15) is 0 Å². The molecule has 0 aliphatic carbocycles. The SMILES string of the molecule is CCOc1nccc(N)c1C#N. The summed E-state index contributed by atoms with van der Waals surface area (Å²) >= 11 is 0. The summed E-state index contributed by atoms with van der Waals surface area (Å²) < 4.78 is 5.10. The molecule has 1 aromatic heterocycles. The fourth-order valence-electron chi connectivity index (χ4n) is 0.815. The van der Waals surface area contributed by atoms with Gasteiger partial charge in [-0.25, -0.2) is 4.98 Å². The zero-order valence-electron chi connectivity index (χ0n) is 6.74. The van der Waals surface area contributed by atoms with E-state index < -0.39 is 0 Å². The van der Waals surface area contributed by atoms with Gasteiger partial charge in [-0.1, -0.05) is 0 Å². The van der Waals surface area contributed by atoms with E-state index in [0.29, 0.717) is 23.7 Å². The van der Waals surface area contributed by atoms with Gasteiger partial charge in [-0.15, -0.1) is 0 Å². The maximum atomic E-state index is 8.68. The fourth-order valence-corrected chi connectivity index (χ4v) is 0.815. The number of rotatable bonds is 2. The second-order valence-electron chi connectivity index (χ2n) is 2.13. The summed E-state index contributed by atoms with van der Waals surface area (Å²) in [5, 5.41) is 8.68. The van der Waals surface area contributed by atoms with Crippen molar-refractivity contribution in [2.45, 2.75) is 6.92 Å². The first-order chi connectivity index (χ1) is 5.79. The highest BCUT2D eigenvalue weighted by molar-refractivity contribution is 5.57.